The standard InChI is InChI=1S/C29H21Cl2N3O4S3/c1-37-23-12-17(13-24-27(36)34(29(39)41-24)19-7-3-2-4-8-19)10-11-22(23)38-16-25(35)33-28-32-15-20(40-28)14-18-6-5-9-21(30)26(18)31/h2-13,15H,14,16H2,1H3,(H,32,33,35)/b24-13-. The molecule has 2 amide bonds. The summed E-state index contributed by atoms with van der Waals surface area (Å²) in [5, 5.41) is 4.18. The van der Waals surface area contributed by atoms with Gasteiger partial charge in [-0.1, -0.05) is 83.6 Å². The Hall–Kier alpha value is -3.41. The number of halogens is 2. The van der Waals surface area contributed by atoms with E-state index in [9.17, 15) is 9.59 Å². The second-order valence-corrected chi connectivity index (χ2v) is 12.2. The molecule has 3 aromatic carbocycles. The van der Waals surface area contributed by atoms with E-state index >= 15 is 0 Å². The van der Waals surface area contributed by atoms with Crippen LogP contribution < -0.4 is 19.7 Å². The van der Waals surface area contributed by atoms with Gasteiger partial charge in [-0.25, -0.2) is 4.98 Å². The van der Waals surface area contributed by atoms with Crippen molar-refractivity contribution in [3.05, 3.63) is 104 Å². The number of anilines is 2. The molecule has 0 unspecified atom stereocenters. The molecule has 1 N–H and O–H groups in total. The maximum Gasteiger partial charge on any atom is 0.270 e. The molecule has 0 aliphatic carbocycles. The van der Waals surface area contributed by atoms with Crippen LogP contribution in [0, 0.1) is 0 Å². The number of nitrogens with one attached hydrogen (secondary N) is 1. The van der Waals surface area contributed by atoms with Crippen LogP contribution in [-0.4, -0.2) is 34.8 Å². The number of thiazole rings is 1. The van der Waals surface area contributed by atoms with Gasteiger partial charge in [-0.2, -0.15) is 0 Å². The van der Waals surface area contributed by atoms with Crippen molar-refractivity contribution in [2.45, 2.75) is 6.42 Å². The summed E-state index contributed by atoms with van der Waals surface area (Å²) in [4.78, 5) is 32.8. The van der Waals surface area contributed by atoms with Crippen LogP contribution in [0.3, 0.4) is 0 Å². The largest absolute Gasteiger partial charge is 0.493 e. The summed E-state index contributed by atoms with van der Waals surface area (Å²) < 4.78 is 11.7. The predicted octanol–water partition coefficient (Wildman–Crippen LogP) is 7.47. The molecule has 7 nitrogen and oxygen atoms in total. The van der Waals surface area contributed by atoms with E-state index < -0.39 is 0 Å². The number of ether oxygens (including phenoxy) is 2. The molecule has 1 saturated heterocycles. The van der Waals surface area contributed by atoms with Gasteiger partial charge in [-0.3, -0.25) is 19.8 Å². The fourth-order valence-corrected chi connectivity index (χ4v) is 6.47. The maximum absolute atomic E-state index is 13.0. The summed E-state index contributed by atoms with van der Waals surface area (Å²) in [5.74, 6) is 0.234. The smallest absolute Gasteiger partial charge is 0.270 e. The Morgan fingerprint density at radius 2 is 1.90 bits per heavy atom. The summed E-state index contributed by atoms with van der Waals surface area (Å²) in [6.07, 6.45) is 3.98. The molecule has 0 saturated carbocycles. The first kappa shape index (κ1) is 29.1. The van der Waals surface area contributed by atoms with Gasteiger partial charge in [0, 0.05) is 17.5 Å². The lowest BCUT2D eigenvalue weighted by Gasteiger charge is -2.13. The molecular weight excluding hydrogens is 621 g/mol. The van der Waals surface area contributed by atoms with Crippen molar-refractivity contribution in [1.29, 1.82) is 0 Å². The Bertz CT molecular complexity index is 1660. The first-order chi connectivity index (χ1) is 19.8. The van der Waals surface area contributed by atoms with Crippen molar-refractivity contribution in [3.8, 4) is 11.5 Å². The van der Waals surface area contributed by atoms with Gasteiger partial charge in [0.15, 0.2) is 27.6 Å². The third-order valence-electron chi connectivity index (χ3n) is 5.85. The second-order valence-electron chi connectivity index (χ2n) is 8.62. The molecule has 5 rings (SSSR count). The lowest BCUT2D eigenvalue weighted by Crippen LogP contribution is -2.27. The third-order valence-corrected chi connectivity index (χ3v) is 8.92. The molecule has 1 aliphatic heterocycles. The van der Waals surface area contributed by atoms with Gasteiger partial charge in [0.2, 0.25) is 0 Å². The molecule has 208 valence electrons. The highest BCUT2D eigenvalue weighted by Crippen LogP contribution is 2.37. The fraction of sp³-hybridized carbons (Fsp3) is 0.103. The van der Waals surface area contributed by atoms with Crippen molar-refractivity contribution < 1.29 is 19.1 Å². The number of carbonyl (C=O) groups is 2. The summed E-state index contributed by atoms with van der Waals surface area (Å²) in [7, 11) is 1.50. The molecule has 0 bridgehead atoms. The number of nitrogens with zero attached hydrogens (tertiary/aromatic N) is 2. The zero-order chi connectivity index (χ0) is 28.9. The lowest BCUT2D eigenvalue weighted by molar-refractivity contribution is -0.118. The van der Waals surface area contributed by atoms with Crippen LogP contribution in [0.4, 0.5) is 10.8 Å². The molecule has 12 heteroatoms. The minimum absolute atomic E-state index is 0.192. The zero-order valence-corrected chi connectivity index (χ0v) is 25.4. The number of para-hydroxylation sites is 1. The quantitative estimate of drug-likeness (QED) is 0.150. The number of thiocarbonyl (C=S) groups is 1. The van der Waals surface area contributed by atoms with Crippen LogP contribution in [0.2, 0.25) is 10.0 Å². The molecule has 2 heterocycles. The van der Waals surface area contributed by atoms with Crippen LogP contribution in [-0.2, 0) is 16.0 Å². The number of amides is 2. The Labute approximate surface area is 260 Å². The topological polar surface area (TPSA) is 80.8 Å². The predicted molar refractivity (Wildman–Crippen MR) is 171 cm³/mol. The number of rotatable bonds is 9. The number of carbonyl (C=O) groups excluding carboxylic acids is 2. The van der Waals surface area contributed by atoms with Crippen molar-refractivity contribution >= 4 is 91.5 Å². The van der Waals surface area contributed by atoms with Crippen LogP contribution in [0.15, 0.2) is 77.8 Å². The molecular formula is C29H21Cl2N3O4S3. The van der Waals surface area contributed by atoms with Crippen molar-refractivity contribution in [1.82, 2.24) is 4.98 Å². The minimum Gasteiger partial charge on any atom is -0.493 e. The van der Waals surface area contributed by atoms with E-state index in [1.165, 1.54) is 35.1 Å². The SMILES string of the molecule is COc1cc(/C=C2\SC(=S)N(c3ccccc3)C2=O)ccc1OCC(=O)Nc1ncc(Cc2cccc(Cl)c2Cl)s1. The normalized spacial score (nSPS) is 14.0. The first-order valence-electron chi connectivity index (χ1n) is 12.1. The number of aromatic nitrogens is 1. The van der Waals surface area contributed by atoms with Crippen LogP contribution in [0.5, 0.6) is 11.5 Å². The van der Waals surface area contributed by atoms with Gasteiger partial charge in [0.25, 0.3) is 11.8 Å². The van der Waals surface area contributed by atoms with Crippen molar-refractivity contribution in [3.63, 3.8) is 0 Å². The highest BCUT2D eigenvalue weighted by molar-refractivity contribution is 8.27. The first-order valence-corrected chi connectivity index (χ1v) is 14.9. The Morgan fingerprint density at radius 3 is 2.68 bits per heavy atom. The Kier molecular flexibility index (Phi) is 9.26. The molecule has 1 fully saturated rings. The van der Waals surface area contributed by atoms with Crippen LogP contribution in [0.25, 0.3) is 6.08 Å². The van der Waals surface area contributed by atoms with E-state index in [1.54, 1.807) is 36.5 Å². The molecule has 4 aromatic rings. The number of methoxy groups -OCH3 is 1. The zero-order valence-electron chi connectivity index (χ0n) is 21.4. The van der Waals surface area contributed by atoms with Crippen LogP contribution >= 0.6 is 58.5 Å². The number of benzene rings is 3. The highest BCUT2D eigenvalue weighted by atomic mass is 35.5. The molecule has 0 spiro atoms. The fourth-order valence-electron chi connectivity index (χ4n) is 3.93. The van der Waals surface area contributed by atoms with E-state index in [2.05, 4.69) is 10.3 Å². The molecule has 0 atom stereocenters. The molecule has 41 heavy (non-hydrogen) atoms. The lowest BCUT2D eigenvalue weighted by atomic mass is 10.1. The van der Waals surface area contributed by atoms with Gasteiger partial charge in [0.05, 0.1) is 27.7 Å². The summed E-state index contributed by atoms with van der Waals surface area (Å²) in [6.45, 7) is -0.250. The van der Waals surface area contributed by atoms with Gasteiger partial charge >= 0.3 is 0 Å². The van der Waals surface area contributed by atoms with E-state index in [1.807, 2.05) is 42.5 Å². The summed E-state index contributed by atoms with van der Waals surface area (Å²) in [6, 6.07) is 19.9. The minimum atomic E-state index is -0.373. The van der Waals surface area contributed by atoms with Crippen molar-refractivity contribution in [2.24, 2.45) is 0 Å². The highest BCUT2D eigenvalue weighted by Gasteiger charge is 2.33. The van der Waals surface area contributed by atoms with Gasteiger partial charge in [-0.05, 0) is 47.5 Å². The van der Waals surface area contributed by atoms with E-state index in [-0.39, 0.29) is 18.4 Å². The number of hydrogen-bond acceptors (Lipinski definition) is 8. The van der Waals surface area contributed by atoms with Gasteiger partial charge in [0.1, 0.15) is 0 Å². The van der Waals surface area contributed by atoms with Gasteiger partial charge < -0.3 is 9.47 Å². The summed E-state index contributed by atoms with van der Waals surface area (Å²) in [5.41, 5.74) is 2.32. The van der Waals surface area contributed by atoms with Gasteiger partial charge in [-0.15, -0.1) is 11.3 Å². The van der Waals surface area contributed by atoms with E-state index in [0.29, 0.717) is 42.3 Å². The molecule has 1 aromatic heterocycles. The third kappa shape index (κ3) is 6.91. The molecule has 0 radical (unpaired) electrons. The molecule has 1 aliphatic rings. The summed E-state index contributed by atoms with van der Waals surface area (Å²) >= 11 is 20.4. The van der Waals surface area contributed by atoms with Crippen LogP contribution in [0.1, 0.15) is 16.0 Å². The van der Waals surface area contributed by atoms with Crippen molar-refractivity contribution in [2.75, 3.05) is 23.9 Å². The average Bonchev–Trinajstić information content (AvgIpc) is 3.52. The maximum atomic E-state index is 13.0. The van der Waals surface area contributed by atoms with E-state index in [0.717, 1.165) is 21.7 Å². The monoisotopic (exact) mass is 641 g/mol. The second kappa shape index (κ2) is 13.1. The Morgan fingerprint density at radius 1 is 1.10 bits per heavy atom. The number of hydrogen-bond donors (Lipinski definition) is 1. The Balaban J connectivity index is 1.20. The van der Waals surface area contributed by atoms with E-state index in [4.69, 9.17) is 44.9 Å². The average molecular weight is 643 g/mol. The number of thioether (sulfide) groups is 1.